The summed E-state index contributed by atoms with van der Waals surface area (Å²) in [5.74, 6) is -3.50. The Morgan fingerprint density at radius 1 is 1.30 bits per heavy atom. The summed E-state index contributed by atoms with van der Waals surface area (Å²) >= 11 is 0. The molecule has 3 rings (SSSR count). The molecule has 0 radical (unpaired) electrons. The molecule has 1 atom stereocenters. The average molecular weight is 325 g/mol. The van der Waals surface area contributed by atoms with Crippen LogP contribution in [0.4, 0.5) is 19.0 Å². The summed E-state index contributed by atoms with van der Waals surface area (Å²) in [6.45, 7) is 2.31. The van der Waals surface area contributed by atoms with Crippen LogP contribution in [-0.4, -0.2) is 15.6 Å². The second-order valence-corrected chi connectivity index (χ2v) is 5.41. The molecule has 0 fully saturated rings. The van der Waals surface area contributed by atoms with Crippen LogP contribution < -0.4 is 15.7 Å². The Kier molecular flexibility index (Phi) is 3.97. The molecule has 5 nitrogen and oxygen atoms in total. The fourth-order valence-corrected chi connectivity index (χ4v) is 2.39. The molecule has 0 aliphatic carbocycles. The van der Waals surface area contributed by atoms with Gasteiger partial charge in [-0.15, -0.1) is 0 Å². The molecule has 8 heteroatoms. The van der Waals surface area contributed by atoms with Crippen LogP contribution in [0.3, 0.4) is 0 Å². The number of hydrogen-bond acceptors (Lipinski definition) is 4. The lowest BCUT2D eigenvalue weighted by molar-refractivity contribution is 0.288. The molecule has 0 saturated heterocycles. The molecule has 0 amide bonds. The molecule has 23 heavy (non-hydrogen) atoms. The van der Waals surface area contributed by atoms with E-state index in [1.54, 1.807) is 6.07 Å². The number of fused-ring (bicyclic) bond motifs is 1. The first kappa shape index (κ1) is 15.4. The molecule has 2 heterocycles. The maximum absolute atomic E-state index is 13.1. The molecule has 1 aromatic heterocycles. The van der Waals surface area contributed by atoms with Gasteiger partial charge < -0.3 is 10.1 Å². The maximum Gasteiger partial charge on any atom is 0.352 e. The monoisotopic (exact) mass is 325 g/mol. The largest absolute Gasteiger partial charge is 0.473 e. The van der Waals surface area contributed by atoms with Crippen LogP contribution in [-0.2, 0) is 13.2 Å². The van der Waals surface area contributed by atoms with Gasteiger partial charge in [-0.1, -0.05) is 0 Å². The smallest absolute Gasteiger partial charge is 0.352 e. The van der Waals surface area contributed by atoms with Gasteiger partial charge in [0.15, 0.2) is 17.5 Å². The van der Waals surface area contributed by atoms with Crippen molar-refractivity contribution in [3.63, 3.8) is 0 Å². The fourth-order valence-electron chi connectivity index (χ4n) is 2.39. The topological polar surface area (TPSA) is 56.2 Å². The van der Waals surface area contributed by atoms with Crippen LogP contribution in [0.25, 0.3) is 0 Å². The van der Waals surface area contributed by atoms with E-state index in [2.05, 4.69) is 10.3 Å². The van der Waals surface area contributed by atoms with Crippen molar-refractivity contribution >= 4 is 5.82 Å². The van der Waals surface area contributed by atoms with Gasteiger partial charge in [-0.3, -0.25) is 4.57 Å². The van der Waals surface area contributed by atoms with E-state index in [1.165, 1.54) is 4.57 Å². The van der Waals surface area contributed by atoms with E-state index in [1.807, 2.05) is 6.92 Å². The minimum absolute atomic E-state index is 0.0352. The van der Waals surface area contributed by atoms with Crippen LogP contribution in [0.2, 0.25) is 0 Å². The zero-order valence-corrected chi connectivity index (χ0v) is 12.3. The third-order valence-electron chi connectivity index (χ3n) is 3.60. The fraction of sp³-hybridized carbons (Fsp3) is 0.333. The Bertz CT molecular complexity index is 784. The third-order valence-corrected chi connectivity index (χ3v) is 3.60. The van der Waals surface area contributed by atoms with Gasteiger partial charge in [-0.25, -0.2) is 18.0 Å². The summed E-state index contributed by atoms with van der Waals surface area (Å²) in [6.07, 6.45) is 0.808. The normalized spacial score (nSPS) is 16.6. The predicted molar refractivity (Wildman–Crippen MR) is 76.8 cm³/mol. The summed E-state index contributed by atoms with van der Waals surface area (Å²) in [4.78, 5) is 15.7. The van der Waals surface area contributed by atoms with Gasteiger partial charge in [-0.2, -0.15) is 4.98 Å². The molecule has 122 valence electrons. The van der Waals surface area contributed by atoms with Crippen LogP contribution in [0.1, 0.15) is 18.9 Å². The van der Waals surface area contributed by atoms with Crippen LogP contribution in [0.5, 0.6) is 5.88 Å². The lowest BCUT2D eigenvalue weighted by Gasteiger charge is -2.25. The highest BCUT2D eigenvalue weighted by molar-refractivity contribution is 5.41. The Morgan fingerprint density at radius 3 is 2.70 bits per heavy atom. The van der Waals surface area contributed by atoms with Gasteiger partial charge in [-0.05, 0) is 31.0 Å². The summed E-state index contributed by atoms with van der Waals surface area (Å²) in [6, 6.07) is 3.44. The van der Waals surface area contributed by atoms with Gasteiger partial charge in [0, 0.05) is 18.7 Å². The molecule has 0 saturated carbocycles. The Labute approximate surface area is 129 Å². The number of nitrogens with one attached hydrogen (secondary N) is 1. The van der Waals surface area contributed by atoms with Crippen molar-refractivity contribution in [2.75, 3.05) is 5.32 Å². The summed E-state index contributed by atoms with van der Waals surface area (Å²) in [5, 5.41) is 3.14. The zero-order chi connectivity index (χ0) is 16.6. The summed E-state index contributed by atoms with van der Waals surface area (Å²) < 4.78 is 46.0. The van der Waals surface area contributed by atoms with E-state index in [9.17, 15) is 18.0 Å². The van der Waals surface area contributed by atoms with Crippen molar-refractivity contribution < 1.29 is 17.9 Å². The van der Waals surface area contributed by atoms with Gasteiger partial charge in [0.2, 0.25) is 5.88 Å². The molecule has 0 spiro atoms. The van der Waals surface area contributed by atoms with E-state index in [0.717, 1.165) is 18.6 Å². The number of hydrogen-bond donors (Lipinski definition) is 1. The molecule has 1 aliphatic rings. The van der Waals surface area contributed by atoms with Crippen molar-refractivity contribution in [1.82, 2.24) is 9.55 Å². The number of aromatic nitrogens is 2. The highest BCUT2D eigenvalue weighted by Gasteiger charge is 2.17. The Morgan fingerprint density at radius 2 is 2.00 bits per heavy atom. The predicted octanol–water partition coefficient (Wildman–Crippen LogP) is 2.44. The van der Waals surface area contributed by atoms with Gasteiger partial charge in [0.25, 0.3) is 0 Å². The standard InChI is InChI=1S/C15H14F3N3O2/c1-8-2-3-21-12(19-8)6-13(20-15(21)22)23-7-9-4-10(16)14(18)11(17)5-9/h4-6,8,19H,2-3,7H2,1H3. The van der Waals surface area contributed by atoms with Gasteiger partial charge >= 0.3 is 5.69 Å². The first-order valence-electron chi connectivity index (χ1n) is 7.08. The molecular formula is C15H14F3N3O2. The van der Waals surface area contributed by atoms with Crippen molar-refractivity contribution in [1.29, 1.82) is 0 Å². The minimum Gasteiger partial charge on any atom is -0.473 e. The highest BCUT2D eigenvalue weighted by atomic mass is 19.2. The third kappa shape index (κ3) is 3.15. The average Bonchev–Trinajstić information content (AvgIpc) is 2.50. The number of nitrogens with zero attached hydrogens (tertiary/aromatic N) is 2. The van der Waals surface area contributed by atoms with E-state index in [0.29, 0.717) is 12.4 Å². The molecule has 1 unspecified atom stereocenters. The molecule has 1 aliphatic heterocycles. The molecule has 0 bridgehead atoms. The number of benzene rings is 1. The lowest BCUT2D eigenvalue weighted by Crippen LogP contribution is -2.34. The van der Waals surface area contributed by atoms with E-state index >= 15 is 0 Å². The number of halogens is 3. The summed E-state index contributed by atoms with van der Waals surface area (Å²) in [7, 11) is 0. The molecule has 1 aromatic carbocycles. The van der Waals surface area contributed by atoms with Crippen LogP contribution >= 0.6 is 0 Å². The highest BCUT2D eigenvalue weighted by Crippen LogP contribution is 2.20. The number of rotatable bonds is 3. The first-order valence-corrected chi connectivity index (χ1v) is 7.08. The van der Waals surface area contributed by atoms with E-state index in [-0.39, 0.29) is 24.1 Å². The van der Waals surface area contributed by atoms with Crippen LogP contribution in [0.15, 0.2) is 23.0 Å². The number of ether oxygens (including phenoxy) is 1. The van der Waals surface area contributed by atoms with E-state index < -0.39 is 23.1 Å². The Balaban J connectivity index is 1.80. The first-order chi connectivity index (χ1) is 10.9. The number of anilines is 1. The second kappa shape index (κ2) is 5.94. The molecular weight excluding hydrogens is 311 g/mol. The zero-order valence-electron chi connectivity index (χ0n) is 12.3. The summed E-state index contributed by atoms with van der Waals surface area (Å²) in [5.41, 5.74) is -0.365. The van der Waals surface area contributed by atoms with Crippen molar-refractivity contribution in [2.24, 2.45) is 0 Å². The van der Waals surface area contributed by atoms with E-state index in [4.69, 9.17) is 4.74 Å². The van der Waals surface area contributed by atoms with Crippen molar-refractivity contribution in [2.45, 2.75) is 32.5 Å². The van der Waals surface area contributed by atoms with Crippen LogP contribution in [0, 0.1) is 17.5 Å². The van der Waals surface area contributed by atoms with Crippen molar-refractivity contribution in [3.8, 4) is 5.88 Å². The molecule has 1 N–H and O–H groups in total. The quantitative estimate of drug-likeness (QED) is 0.881. The van der Waals surface area contributed by atoms with Crippen molar-refractivity contribution in [3.05, 3.63) is 51.7 Å². The van der Waals surface area contributed by atoms with Gasteiger partial charge in [0.05, 0.1) is 0 Å². The Hall–Kier alpha value is -2.51. The van der Waals surface area contributed by atoms with Gasteiger partial charge in [0.1, 0.15) is 12.4 Å². The second-order valence-electron chi connectivity index (χ2n) is 5.41. The minimum atomic E-state index is -1.53. The lowest BCUT2D eigenvalue weighted by atomic mass is 10.2. The SMILES string of the molecule is CC1CCn2c(cc(OCc3cc(F)c(F)c(F)c3)nc2=O)N1. The maximum atomic E-state index is 13.1. The molecule has 2 aromatic rings.